The SMILES string of the molecule is CC1CCCC(C)N1.O=C(O)C(Cl)Cc1ccccc1[N+](=O)[O-]. The number of hydrogen-bond donors (Lipinski definition) is 2. The van der Waals surface area contributed by atoms with E-state index in [1.165, 1.54) is 37.5 Å². The lowest BCUT2D eigenvalue weighted by molar-refractivity contribution is -0.385. The number of aliphatic carboxylic acids is 1. The number of halogens is 1. The van der Waals surface area contributed by atoms with Gasteiger partial charge in [-0.3, -0.25) is 14.9 Å². The molecule has 0 bridgehead atoms. The Labute approximate surface area is 141 Å². The molecule has 7 heteroatoms. The van der Waals surface area contributed by atoms with Gasteiger partial charge < -0.3 is 10.4 Å². The van der Waals surface area contributed by atoms with E-state index in [-0.39, 0.29) is 12.1 Å². The summed E-state index contributed by atoms with van der Waals surface area (Å²) in [6, 6.07) is 7.47. The normalized spacial score (nSPS) is 21.7. The van der Waals surface area contributed by atoms with E-state index in [4.69, 9.17) is 16.7 Å². The van der Waals surface area contributed by atoms with Gasteiger partial charge in [0.1, 0.15) is 5.38 Å². The maximum Gasteiger partial charge on any atom is 0.321 e. The number of piperidine rings is 1. The van der Waals surface area contributed by atoms with Crippen LogP contribution in [0.1, 0.15) is 38.7 Å². The molecule has 23 heavy (non-hydrogen) atoms. The molecule has 2 rings (SSSR count). The average Bonchev–Trinajstić information content (AvgIpc) is 2.47. The second-order valence-electron chi connectivity index (χ2n) is 5.80. The fraction of sp³-hybridized carbons (Fsp3) is 0.562. The van der Waals surface area contributed by atoms with Crippen LogP contribution in [0.3, 0.4) is 0 Å². The molecule has 1 fully saturated rings. The average molecular weight is 343 g/mol. The molecule has 6 nitrogen and oxygen atoms in total. The van der Waals surface area contributed by atoms with Crippen molar-refractivity contribution in [2.45, 2.75) is 57.0 Å². The third-order valence-electron chi connectivity index (χ3n) is 3.70. The van der Waals surface area contributed by atoms with Gasteiger partial charge in [-0.2, -0.15) is 0 Å². The number of carbonyl (C=O) groups is 1. The van der Waals surface area contributed by atoms with Crippen LogP contribution in [0.15, 0.2) is 24.3 Å². The molecule has 1 saturated heterocycles. The van der Waals surface area contributed by atoms with E-state index in [0.717, 1.165) is 12.1 Å². The second-order valence-corrected chi connectivity index (χ2v) is 6.32. The summed E-state index contributed by atoms with van der Waals surface area (Å²) in [5.74, 6) is -1.19. The maximum absolute atomic E-state index is 10.6. The molecule has 0 spiro atoms. The highest BCUT2D eigenvalue weighted by molar-refractivity contribution is 6.29. The number of nitrogens with one attached hydrogen (secondary N) is 1. The Morgan fingerprint density at radius 2 is 1.96 bits per heavy atom. The van der Waals surface area contributed by atoms with E-state index < -0.39 is 16.3 Å². The summed E-state index contributed by atoms with van der Waals surface area (Å²) in [6.07, 6.45) is 4.08. The second kappa shape index (κ2) is 9.47. The lowest BCUT2D eigenvalue weighted by atomic mass is 10.0. The van der Waals surface area contributed by atoms with E-state index in [2.05, 4.69) is 19.2 Å². The third kappa shape index (κ3) is 6.97. The van der Waals surface area contributed by atoms with Crippen LogP contribution >= 0.6 is 11.6 Å². The summed E-state index contributed by atoms with van der Waals surface area (Å²) >= 11 is 5.50. The van der Waals surface area contributed by atoms with Crippen LogP contribution in [0.5, 0.6) is 0 Å². The molecule has 0 amide bonds. The summed E-state index contributed by atoms with van der Waals surface area (Å²) < 4.78 is 0. The minimum atomic E-state index is -1.19. The standard InChI is InChI=1S/C9H8ClNO4.C7H15N/c10-7(9(12)13)5-6-3-1-2-4-8(6)11(14)15;1-6-4-3-5-7(2)8-6/h1-4,7H,5H2,(H,12,13);6-8H,3-5H2,1-2H3. The summed E-state index contributed by atoms with van der Waals surface area (Å²) in [4.78, 5) is 20.5. The lowest BCUT2D eigenvalue weighted by Gasteiger charge is -2.25. The summed E-state index contributed by atoms with van der Waals surface area (Å²) in [5, 5.41) is 21.5. The van der Waals surface area contributed by atoms with E-state index in [1.807, 2.05) is 0 Å². The fourth-order valence-corrected chi connectivity index (χ4v) is 2.69. The number of nitrogens with zero attached hydrogens (tertiary/aromatic N) is 1. The number of nitro groups is 1. The maximum atomic E-state index is 10.6. The lowest BCUT2D eigenvalue weighted by Crippen LogP contribution is -2.38. The molecule has 1 heterocycles. The van der Waals surface area contributed by atoms with Crippen LogP contribution in [-0.2, 0) is 11.2 Å². The van der Waals surface area contributed by atoms with Crippen LogP contribution in [-0.4, -0.2) is 33.5 Å². The van der Waals surface area contributed by atoms with Crippen molar-refractivity contribution >= 4 is 23.3 Å². The molecule has 0 aromatic heterocycles. The Bertz CT molecular complexity index is 531. The highest BCUT2D eigenvalue weighted by Gasteiger charge is 2.20. The van der Waals surface area contributed by atoms with Gasteiger partial charge in [0.15, 0.2) is 0 Å². The van der Waals surface area contributed by atoms with Gasteiger partial charge in [0.25, 0.3) is 5.69 Å². The van der Waals surface area contributed by atoms with Crippen molar-refractivity contribution in [1.82, 2.24) is 5.32 Å². The summed E-state index contributed by atoms with van der Waals surface area (Å²) in [7, 11) is 0. The van der Waals surface area contributed by atoms with Crippen molar-refractivity contribution in [3.8, 4) is 0 Å². The first-order valence-corrected chi connectivity index (χ1v) is 8.10. The van der Waals surface area contributed by atoms with Gasteiger partial charge in [-0.15, -0.1) is 11.6 Å². The van der Waals surface area contributed by atoms with Crippen molar-refractivity contribution in [2.75, 3.05) is 0 Å². The number of benzene rings is 1. The van der Waals surface area contributed by atoms with Crippen molar-refractivity contribution in [3.63, 3.8) is 0 Å². The van der Waals surface area contributed by atoms with E-state index in [9.17, 15) is 14.9 Å². The van der Waals surface area contributed by atoms with E-state index in [0.29, 0.717) is 5.56 Å². The Morgan fingerprint density at radius 1 is 1.39 bits per heavy atom. The van der Waals surface area contributed by atoms with Gasteiger partial charge in [-0.1, -0.05) is 24.6 Å². The first kappa shape index (κ1) is 19.4. The quantitative estimate of drug-likeness (QED) is 0.497. The van der Waals surface area contributed by atoms with E-state index in [1.54, 1.807) is 6.07 Å². The van der Waals surface area contributed by atoms with Gasteiger partial charge in [0, 0.05) is 30.1 Å². The number of nitro benzene ring substituents is 1. The van der Waals surface area contributed by atoms with Crippen LogP contribution in [0, 0.1) is 10.1 Å². The van der Waals surface area contributed by atoms with Crippen LogP contribution < -0.4 is 5.32 Å². The van der Waals surface area contributed by atoms with Crippen LogP contribution in [0.25, 0.3) is 0 Å². The molecule has 0 aliphatic carbocycles. The Hall–Kier alpha value is -1.66. The number of hydrogen-bond acceptors (Lipinski definition) is 4. The molecule has 3 unspecified atom stereocenters. The van der Waals surface area contributed by atoms with Gasteiger partial charge in [0.2, 0.25) is 0 Å². The molecule has 1 aromatic rings. The molecule has 3 atom stereocenters. The van der Waals surface area contributed by atoms with Gasteiger partial charge in [-0.05, 0) is 26.7 Å². The minimum absolute atomic E-state index is 0.0615. The van der Waals surface area contributed by atoms with Crippen molar-refractivity contribution in [3.05, 3.63) is 39.9 Å². The monoisotopic (exact) mass is 342 g/mol. The van der Waals surface area contributed by atoms with E-state index >= 15 is 0 Å². The number of carboxylic acid groups (broad SMARTS) is 1. The highest BCUT2D eigenvalue weighted by atomic mass is 35.5. The number of alkyl halides is 1. The van der Waals surface area contributed by atoms with Gasteiger partial charge in [-0.25, -0.2) is 0 Å². The zero-order chi connectivity index (χ0) is 17.4. The van der Waals surface area contributed by atoms with Crippen molar-refractivity contribution < 1.29 is 14.8 Å². The molecule has 1 aliphatic heterocycles. The molecule has 128 valence electrons. The Kier molecular flexibility index (Phi) is 7.98. The van der Waals surface area contributed by atoms with Crippen molar-refractivity contribution in [2.24, 2.45) is 0 Å². The zero-order valence-corrected chi connectivity index (χ0v) is 14.1. The molecule has 2 N–H and O–H groups in total. The summed E-state index contributed by atoms with van der Waals surface area (Å²) in [5.41, 5.74) is 0.217. The number of carboxylic acids is 1. The first-order chi connectivity index (χ1) is 10.8. The van der Waals surface area contributed by atoms with Gasteiger partial charge >= 0.3 is 5.97 Å². The molecule has 1 aromatic carbocycles. The number of para-hydroxylation sites is 1. The molecule has 0 radical (unpaired) electrons. The molecule has 1 aliphatic rings. The smallest absolute Gasteiger partial charge is 0.321 e. The third-order valence-corrected chi connectivity index (χ3v) is 4.04. The minimum Gasteiger partial charge on any atom is -0.480 e. The predicted molar refractivity (Wildman–Crippen MR) is 90.0 cm³/mol. The molecule has 0 saturated carbocycles. The largest absolute Gasteiger partial charge is 0.480 e. The van der Waals surface area contributed by atoms with Gasteiger partial charge in [0.05, 0.1) is 4.92 Å². The zero-order valence-electron chi connectivity index (χ0n) is 13.4. The molecular weight excluding hydrogens is 320 g/mol. The van der Waals surface area contributed by atoms with Crippen LogP contribution in [0.2, 0.25) is 0 Å². The fourth-order valence-electron chi connectivity index (χ4n) is 2.52. The topological polar surface area (TPSA) is 92.5 Å². The van der Waals surface area contributed by atoms with Crippen molar-refractivity contribution in [1.29, 1.82) is 0 Å². The van der Waals surface area contributed by atoms with Crippen LogP contribution in [0.4, 0.5) is 5.69 Å². The highest BCUT2D eigenvalue weighted by Crippen LogP contribution is 2.20. The number of rotatable bonds is 4. The Balaban J connectivity index is 0.000000277. The predicted octanol–water partition coefficient (Wildman–Crippen LogP) is 3.37. The molecular formula is C16H23ClN2O4. The first-order valence-electron chi connectivity index (χ1n) is 7.66. The summed E-state index contributed by atoms with van der Waals surface area (Å²) in [6.45, 7) is 4.52. The Morgan fingerprint density at radius 3 is 2.39 bits per heavy atom.